The maximum Gasteiger partial charge on any atom is 0.257 e. The Morgan fingerprint density at radius 3 is 2.35 bits per heavy atom. The van der Waals surface area contributed by atoms with E-state index in [9.17, 15) is 9.59 Å². The van der Waals surface area contributed by atoms with Crippen LogP contribution < -0.4 is 9.47 Å². The third-order valence-electron chi connectivity index (χ3n) is 5.09. The monoisotopic (exact) mass is 362 g/mol. The number of hydrogen-bond acceptors (Lipinski definition) is 5. The van der Waals surface area contributed by atoms with Gasteiger partial charge >= 0.3 is 0 Å². The number of ether oxygens (including phenoxy) is 3. The Kier molecular flexibility index (Phi) is 5.66. The van der Waals surface area contributed by atoms with Gasteiger partial charge in [-0.15, -0.1) is 0 Å². The summed E-state index contributed by atoms with van der Waals surface area (Å²) in [4.78, 5) is 28.9. The highest BCUT2D eigenvalue weighted by Crippen LogP contribution is 2.32. The van der Waals surface area contributed by atoms with Crippen LogP contribution in [0.15, 0.2) is 12.1 Å². The molecule has 1 unspecified atom stereocenters. The van der Waals surface area contributed by atoms with E-state index in [-0.39, 0.29) is 17.9 Å². The minimum Gasteiger partial charge on any atom is -0.496 e. The van der Waals surface area contributed by atoms with Crippen LogP contribution in [0.1, 0.15) is 28.8 Å². The van der Waals surface area contributed by atoms with Gasteiger partial charge in [0, 0.05) is 38.3 Å². The molecule has 0 radical (unpaired) electrons. The average Bonchev–Trinajstić information content (AvgIpc) is 3.21. The van der Waals surface area contributed by atoms with Crippen molar-refractivity contribution in [3.05, 3.63) is 23.3 Å². The van der Waals surface area contributed by atoms with Crippen LogP contribution in [0, 0.1) is 6.92 Å². The van der Waals surface area contributed by atoms with Crippen LogP contribution in [0.5, 0.6) is 11.5 Å². The van der Waals surface area contributed by atoms with Crippen molar-refractivity contribution in [1.82, 2.24) is 9.80 Å². The van der Waals surface area contributed by atoms with Crippen molar-refractivity contribution in [2.24, 2.45) is 0 Å². The maximum atomic E-state index is 12.9. The van der Waals surface area contributed by atoms with E-state index < -0.39 is 0 Å². The smallest absolute Gasteiger partial charge is 0.257 e. The molecule has 0 saturated carbocycles. The molecule has 0 bridgehead atoms. The first-order chi connectivity index (χ1) is 12.6. The van der Waals surface area contributed by atoms with Gasteiger partial charge in [0.15, 0.2) is 0 Å². The van der Waals surface area contributed by atoms with E-state index in [0.717, 1.165) is 18.4 Å². The van der Waals surface area contributed by atoms with Crippen LogP contribution in [-0.4, -0.2) is 74.7 Å². The minimum atomic E-state index is -0.304. The molecule has 2 aliphatic rings. The summed E-state index contributed by atoms with van der Waals surface area (Å²) >= 11 is 0. The van der Waals surface area contributed by atoms with Gasteiger partial charge in [-0.3, -0.25) is 9.59 Å². The molecular formula is C19H26N2O5. The highest BCUT2D eigenvalue weighted by molar-refractivity contribution is 5.98. The zero-order valence-corrected chi connectivity index (χ0v) is 15.6. The fraction of sp³-hybridized carbons (Fsp3) is 0.579. The normalized spacial score (nSPS) is 20.2. The summed E-state index contributed by atoms with van der Waals surface area (Å²) in [5.74, 6) is 1.18. The quantitative estimate of drug-likeness (QED) is 0.811. The fourth-order valence-corrected chi connectivity index (χ4v) is 3.60. The molecule has 2 aliphatic heterocycles. The van der Waals surface area contributed by atoms with Gasteiger partial charge in [0.05, 0.1) is 19.8 Å². The van der Waals surface area contributed by atoms with Crippen LogP contribution in [0.25, 0.3) is 0 Å². The Balaban J connectivity index is 1.67. The van der Waals surface area contributed by atoms with Crippen molar-refractivity contribution in [3.63, 3.8) is 0 Å². The summed E-state index contributed by atoms with van der Waals surface area (Å²) in [6.45, 7) is 4.60. The number of carbonyl (C=O) groups is 2. The highest BCUT2D eigenvalue weighted by Gasteiger charge is 2.32. The fourth-order valence-electron chi connectivity index (χ4n) is 3.60. The zero-order chi connectivity index (χ0) is 18.7. The second-order valence-corrected chi connectivity index (χ2v) is 6.59. The molecular weight excluding hydrogens is 336 g/mol. The summed E-state index contributed by atoms with van der Waals surface area (Å²) in [5.41, 5.74) is 1.32. The van der Waals surface area contributed by atoms with Gasteiger partial charge in [-0.25, -0.2) is 0 Å². The average molecular weight is 362 g/mol. The lowest BCUT2D eigenvalue weighted by Crippen LogP contribution is -2.52. The van der Waals surface area contributed by atoms with Crippen LogP contribution in [-0.2, 0) is 9.53 Å². The number of nitrogens with zero attached hydrogens (tertiary/aromatic N) is 2. The number of methoxy groups -OCH3 is 2. The molecule has 0 N–H and O–H groups in total. The molecule has 1 aromatic carbocycles. The van der Waals surface area contributed by atoms with Gasteiger partial charge < -0.3 is 24.0 Å². The Hall–Kier alpha value is -2.28. The topological polar surface area (TPSA) is 68.3 Å². The van der Waals surface area contributed by atoms with Gasteiger partial charge in [-0.2, -0.15) is 0 Å². The Morgan fingerprint density at radius 1 is 1.08 bits per heavy atom. The molecule has 142 valence electrons. The van der Waals surface area contributed by atoms with Gasteiger partial charge in [-0.1, -0.05) is 0 Å². The van der Waals surface area contributed by atoms with E-state index in [1.807, 2.05) is 6.92 Å². The van der Waals surface area contributed by atoms with Gasteiger partial charge in [0.2, 0.25) is 0 Å². The Labute approximate surface area is 153 Å². The largest absolute Gasteiger partial charge is 0.496 e. The third-order valence-corrected chi connectivity index (χ3v) is 5.09. The molecule has 0 spiro atoms. The molecule has 0 aliphatic carbocycles. The van der Waals surface area contributed by atoms with Gasteiger partial charge in [0.25, 0.3) is 11.8 Å². The predicted molar refractivity (Wildman–Crippen MR) is 95.7 cm³/mol. The van der Waals surface area contributed by atoms with Crippen molar-refractivity contribution in [2.75, 3.05) is 47.0 Å². The molecule has 0 aromatic heterocycles. The lowest BCUT2D eigenvalue weighted by atomic mass is 10.1. The van der Waals surface area contributed by atoms with Crippen molar-refractivity contribution in [1.29, 1.82) is 0 Å². The summed E-state index contributed by atoms with van der Waals surface area (Å²) in [7, 11) is 3.14. The van der Waals surface area contributed by atoms with Crippen molar-refractivity contribution in [3.8, 4) is 11.5 Å². The standard InChI is InChI=1S/C19H26N2O5/c1-13-15(24-2)7-6-14(17(13)25-3)18(22)20-8-10-21(11-9-20)19(23)16-5-4-12-26-16/h6-7,16H,4-5,8-12H2,1-3H3. The first kappa shape index (κ1) is 18.5. The number of piperazine rings is 1. The number of benzene rings is 1. The van der Waals surface area contributed by atoms with Gasteiger partial charge in [-0.05, 0) is 31.9 Å². The first-order valence-electron chi connectivity index (χ1n) is 8.98. The molecule has 2 saturated heterocycles. The summed E-state index contributed by atoms with van der Waals surface area (Å²) in [6.07, 6.45) is 1.42. The number of carbonyl (C=O) groups excluding carboxylic acids is 2. The van der Waals surface area contributed by atoms with Crippen LogP contribution >= 0.6 is 0 Å². The van der Waals surface area contributed by atoms with E-state index in [2.05, 4.69) is 0 Å². The van der Waals surface area contributed by atoms with E-state index >= 15 is 0 Å². The zero-order valence-electron chi connectivity index (χ0n) is 15.6. The second-order valence-electron chi connectivity index (χ2n) is 6.59. The van der Waals surface area contributed by atoms with Gasteiger partial charge in [0.1, 0.15) is 17.6 Å². The first-order valence-corrected chi connectivity index (χ1v) is 8.98. The molecule has 7 nitrogen and oxygen atoms in total. The molecule has 2 heterocycles. The van der Waals surface area contributed by atoms with E-state index in [1.165, 1.54) is 0 Å². The summed E-state index contributed by atoms with van der Waals surface area (Å²) in [5, 5.41) is 0. The third kappa shape index (κ3) is 3.49. The summed E-state index contributed by atoms with van der Waals surface area (Å²) < 4.78 is 16.2. The Morgan fingerprint density at radius 2 is 1.77 bits per heavy atom. The highest BCUT2D eigenvalue weighted by atomic mass is 16.5. The van der Waals surface area contributed by atoms with Crippen LogP contribution in [0.2, 0.25) is 0 Å². The molecule has 2 fully saturated rings. The van der Waals surface area contributed by atoms with E-state index in [1.54, 1.807) is 36.2 Å². The molecule has 3 rings (SSSR count). The van der Waals surface area contributed by atoms with Crippen molar-refractivity contribution in [2.45, 2.75) is 25.9 Å². The van der Waals surface area contributed by atoms with Crippen molar-refractivity contribution < 1.29 is 23.8 Å². The van der Waals surface area contributed by atoms with Crippen LogP contribution in [0.4, 0.5) is 0 Å². The molecule has 7 heteroatoms. The number of rotatable bonds is 4. The SMILES string of the molecule is COc1ccc(C(=O)N2CCN(C(=O)C3CCCO3)CC2)c(OC)c1C. The van der Waals surface area contributed by atoms with E-state index in [4.69, 9.17) is 14.2 Å². The lowest BCUT2D eigenvalue weighted by molar-refractivity contribution is -0.142. The lowest BCUT2D eigenvalue weighted by Gasteiger charge is -2.36. The molecule has 1 aromatic rings. The predicted octanol–water partition coefficient (Wildman–Crippen LogP) is 1.48. The van der Waals surface area contributed by atoms with Crippen molar-refractivity contribution >= 4 is 11.8 Å². The van der Waals surface area contributed by atoms with E-state index in [0.29, 0.717) is 49.8 Å². The Bertz CT molecular complexity index is 677. The molecule has 2 amide bonds. The number of amides is 2. The molecule has 26 heavy (non-hydrogen) atoms. The van der Waals surface area contributed by atoms with Crippen LogP contribution in [0.3, 0.4) is 0 Å². The summed E-state index contributed by atoms with van der Waals surface area (Å²) in [6, 6.07) is 3.51. The molecule has 1 atom stereocenters. The minimum absolute atomic E-state index is 0.0486. The maximum absolute atomic E-state index is 12.9. The second kappa shape index (κ2) is 7.95. The number of hydrogen-bond donors (Lipinski definition) is 0.